The molecule has 0 radical (unpaired) electrons. The van der Waals surface area contributed by atoms with Crippen LogP contribution in [-0.2, 0) is 18.0 Å². The van der Waals surface area contributed by atoms with E-state index in [-0.39, 0.29) is 6.61 Å². The lowest BCUT2D eigenvalue weighted by Crippen LogP contribution is -1.97. The standard InChI is InChI=1S/C11H13BrO2/c12-11-4-1-8(6-13)5-9(11)7-14-10-2-3-10/h1,4-5,10,13H,2-3,6-7H2. The minimum Gasteiger partial charge on any atom is -0.392 e. The first-order valence-corrected chi connectivity index (χ1v) is 5.58. The summed E-state index contributed by atoms with van der Waals surface area (Å²) in [5.74, 6) is 0. The Balaban J connectivity index is 2.04. The van der Waals surface area contributed by atoms with Crippen LogP contribution in [0.15, 0.2) is 22.7 Å². The number of aliphatic hydroxyl groups excluding tert-OH is 1. The predicted octanol–water partition coefficient (Wildman–Crippen LogP) is 2.62. The molecule has 1 aliphatic carbocycles. The lowest BCUT2D eigenvalue weighted by atomic mass is 10.1. The van der Waals surface area contributed by atoms with Crippen molar-refractivity contribution >= 4 is 15.9 Å². The molecule has 0 heterocycles. The zero-order valence-corrected chi connectivity index (χ0v) is 9.46. The Kier molecular flexibility index (Phi) is 3.21. The molecule has 14 heavy (non-hydrogen) atoms. The van der Waals surface area contributed by atoms with E-state index < -0.39 is 0 Å². The molecule has 1 aromatic carbocycles. The number of benzene rings is 1. The van der Waals surface area contributed by atoms with E-state index >= 15 is 0 Å². The Morgan fingerprint density at radius 3 is 2.86 bits per heavy atom. The minimum absolute atomic E-state index is 0.0870. The molecule has 0 aliphatic heterocycles. The van der Waals surface area contributed by atoms with E-state index in [1.807, 2.05) is 18.2 Å². The summed E-state index contributed by atoms with van der Waals surface area (Å²) in [6.45, 7) is 0.725. The van der Waals surface area contributed by atoms with Crippen LogP contribution in [0.5, 0.6) is 0 Å². The zero-order chi connectivity index (χ0) is 9.97. The van der Waals surface area contributed by atoms with Crippen LogP contribution in [-0.4, -0.2) is 11.2 Å². The van der Waals surface area contributed by atoms with Gasteiger partial charge in [-0.1, -0.05) is 28.1 Å². The summed E-state index contributed by atoms with van der Waals surface area (Å²) >= 11 is 3.47. The molecule has 1 fully saturated rings. The smallest absolute Gasteiger partial charge is 0.0731 e. The van der Waals surface area contributed by atoms with E-state index in [0.717, 1.165) is 15.6 Å². The summed E-state index contributed by atoms with van der Waals surface area (Å²) in [7, 11) is 0. The molecular weight excluding hydrogens is 244 g/mol. The van der Waals surface area contributed by atoms with Crippen molar-refractivity contribution in [3.63, 3.8) is 0 Å². The van der Waals surface area contributed by atoms with E-state index in [0.29, 0.717) is 12.7 Å². The maximum atomic E-state index is 8.99. The van der Waals surface area contributed by atoms with Gasteiger partial charge in [0.25, 0.3) is 0 Å². The molecule has 1 aliphatic rings. The monoisotopic (exact) mass is 256 g/mol. The van der Waals surface area contributed by atoms with Gasteiger partial charge < -0.3 is 9.84 Å². The number of rotatable bonds is 4. The van der Waals surface area contributed by atoms with Crippen molar-refractivity contribution in [1.29, 1.82) is 0 Å². The first kappa shape index (κ1) is 10.1. The number of hydrogen-bond acceptors (Lipinski definition) is 2. The molecule has 0 amide bonds. The summed E-state index contributed by atoms with van der Waals surface area (Å²) in [4.78, 5) is 0. The highest BCUT2D eigenvalue weighted by molar-refractivity contribution is 9.10. The number of aliphatic hydroxyl groups is 1. The molecule has 2 nitrogen and oxygen atoms in total. The van der Waals surface area contributed by atoms with Gasteiger partial charge in [-0.05, 0) is 30.0 Å². The van der Waals surface area contributed by atoms with E-state index in [1.54, 1.807) is 0 Å². The lowest BCUT2D eigenvalue weighted by Gasteiger charge is -2.06. The van der Waals surface area contributed by atoms with Crippen LogP contribution in [0, 0.1) is 0 Å². The number of ether oxygens (including phenoxy) is 1. The molecule has 1 saturated carbocycles. The van der Waals surface area contributed by atoms with Gasteiger partial charge in [-0.3, -0.25) is 0 Å². The van der Waals surface area contributed by atoms with Crippen molar-refractivity contribution in [3.05, 3.63) is 33.8 Å². The van der Waals surface area contributed by atoms with Gasteiger partial charge in [-0.15, -0.1) is 0 Å². The second kappa shape index (κ2) is 4.43. The van der Waals surface area contributed by atoms with Crippen molar-refractivity contribution < 1.29 is 9.84 Å². The molecule has 0 atom stereocenters. The molecule has 0 spiro atoms. The van der Waals surface area contributed by atoms with Crippen molar-refractivity contribution in [3.8, 4) is 0 Å². The number of hydrogen-bond donors (Lipinski definition) is 1. The third-order valence-corrected chi connectivity index (χ3v) is 3.07. The molecule has 0 saturated heterocycles. The van der Waals surface area contributed by atoms with Crippen LogP contribution in [0.4, 0.5) is 0 Å². The first-order valence-electron chi connectivity index (χ1n) is 4.79. The second-order valence-corrected chi connectivity index (χ2v) is 4.45. The highest BCUT2D eigenvalue weighted by atomic mass is 79.9. The largest absolute Gasteiger partial charge is 0.392 e. The fraction of sp³-hybridized carbons (Fsp3) is 0.455. The molecule has 76 valence electrons. The van der Waals surface area contributed by atoms with Crippen molar-refractivity contribution in [2.24, 2.45) is 0 Å². The maximum absolute atomic E-state index is 8.99. The summed E-state index contributed by atoms with van der Waals surface area (Å²) in [5.41, 5.74) is 2.05. The van der Waals surface area contributed by atoms with E-state index in [2.05, 4.69) is 15.9 Å². The van der Waals surface area contributed by atoms with Crippen molar-refractivity contribution in [2.75, 3.05) is 0 Å². The Morgan fingerprint density at radius 1 is 1.43 bits per heavy atom. The molecule has 1 N–H and O–H groups in total. The van der Waals surface area contributed by atoms with Gasteiger partial charge in [0.15, 0.2) is 0 Å². The fourth-order valence-electron chi connectivity index (χ4n) is 1.28. The average Bonchev–Trinajstić information content (AvgIpc) is 3.00. The summed E-state index contributed by atoms with van der Waals surface area (Å²) in [5, 5.41) is 8.99. The van der Waals surface area contributed by atoms with Crippen LogP contribution < -0.4 is 0 Å². The lowest BCUT2D eigenvalue weighted by molar-refractivity contribution is 0.105. The molecule has 0 unspecified atom stereocenters. The third kappa shape index (κ3) is 2.56. The molecule has 0 aromatic heterocycles. The Labute approximate surface area is 92.0 Å². The minimum atomic E-state index is 0.0870. The van der Waals surface area contributed by atoms with E-state index in [1.165, 1.54) is 12.8 Å². The zero-order valence-electron chi connectivity index (χ0n) is 7.87. The van der Waals surface area contributed by atoms with Gasteiger partial charge in [0.2, 0.25) is 0 Å². The molecule has 0 bridgehead atoms. The summed E-state index contributed by atoms with van der Waals surface area (Å²) < 4.78 is 6.66. The summed E-state index contributed by atoms with van der Waals surface area (Å²) in [6, 6.07) is 5.84. The predicted molar refractivity (Wildman–Crippen MR) is 57.9 cm³/mol. The highest BCUT2D eigenvalue weighted by Gasteiger charge is 2.22. The van der Waals surface area contributed by atoms with Gasteiger partial charge >= 0.3 is 0 Å². The van der Waals surface area contributed by atoms with Crippen LogP contribution in [0.2, 0.25) is 0 Å². The second-order valence-electron chi connectivity index (χ2n) is 3.59. The van der Waals surface area contributed by atoms with Gasteiger partial charge in [-0.2, -0.15) is 0 Å². The van der Waals surface area contributed by atoms with Crippen LogP contribution in [0.3, 0.4) is 0 Å². The topological polar surface area (TPSA) is 29.5 Å². The van der Waals surface area contributed by atoms with Gasteiger partial charge in [0.1, 0.15) is 0 Å². The number of halogens is 1. The van der Waals surface area contributed by atoms with Gasteiger partial charge in [-0.25, -0.2) is 0 Å². The first-order chi connectivity index (χ1) is 6.79. The SMILES string of the molecule is OCc1ccc(Br)c(COC2CC2)c1. The van der Waals surface area contributed by atoms with E-state index in [9.17, 15) is 0 Å². The highest BCUT2D eigenvalue weighted by Crippen LogP contribution is 2.27. The van der Waals surface area contributed by atoms with Gasteiger partial charge in [0, 0.05) is 4.47 Å². The summed E-state index contributed by atoms with van der Waals surface area (Å²) in [6.07, 6.45) is 2.86. The maximum Gasteiger partial charge on any atom is 0.0731 e. The van der Waals surface area contributed by atoms with Crippen LogP contribution in [0.25, 0.3) is 0 Å². The van der Waals surface area contributed by atoms with Crippen LogP contribution >= 0.6 is 15.9 Å². The Hall–Kier alpha value is -0.380. The Morgan fingerprint density at radius 2 is 2.21 bits per heavy atom. The Bertz CT molecular complexity index is 321. The van der Waals surface area contributed by atoms with Gasteiger partial charge in [0.05, 0.1) is 19.3 Å². The van der Waals surface area contributed by atoms with Crippen molar-refractivity contribution in [2.45, 2.75) is 32.2 Å². The molecule has 2 rings (SSSR count). The third-order valence-electron chi connectivity index (χ3n) is 2.29. The van der Waals surface area contributed by atoms with E-state index in [4.69, 9.17) is 9.84 Å². The molecule has 3 heteroatoms. The normalized spacial score (nSPS) is 15.9. The average molecular weight is 257 g/mol. The fourth-order valence-corrected chi connectivity index (χ4v) is 1.64. The molecular formula is C11H13BrO2. The van der Waals surface area contributed by atoms with Crippen molar-refractivity contribution in [1.82, 2.24) is 0 Å². The quantitative estimate of drug-likeness (QED) is 0.898. The van der Waals surface area contributed by atoms with Crippen LogP contribution in [0.1, 0.15) is 24.0 Å². The molecule has 1 aromatic rings.